The summed E-state index contributed by atoms with van der Waals surface area (Å²) in [6, 6.07) is 3.67. The van der Waals surface area contributed by atoms with Gasteiger partial charge < -0.3 is 5.32 Å². The van der Waals surface area contributed by atoms with Crippen LogP contribution in [-0.2, 0) is 12.8 Å². The molecule has 0 aliphatic rings. The first-order valence-corrected chi connectivity index (χ1v) is 9.44. The lowest BCUT2D eigenvalue weighted by Crippen LogP contribution is -2.28. The van der Waals surface area contributed by atoms with Crippen molar-refractivity contribution in [2.75, 3.05) is 6.54 Å². The zero-order chi connectivity index (χ0) is 19.7. The number of carbonyl (C=O) groups excluding carboxylic acids is 1. The summed E-state index contributed by atoms with van der Waals surface area (Å²) >= 11 is 1.24. The van der Waals surface area contributed by atoms with Gasteiger partial charge in [0.1, 0.15) is 5.69 Å². The van der Waals surface area contributed by atoms with Crippen molar-refractivity contribution in [2.45, 2.75) is 33.6 Å². The third-order valence-corrected chi connectivity index (χ3v) is 5.25. The predicted molar refractivity (Wildman–Crippen MR) is 101 cm³/mol. The minimum Gasteiger partial charge on any atom is -0.351 e. The summed E-state index contributed by atoms with van der Waals surface area (Å²) in [6.07, 6.45) is 0.743. The van der Waals surface area contributed by atoms with E-state index in [1.165, 1.54) is 27.9 Å². The Labute approximate surface area is 158 Å². The Morgan fingerprint density at radius 1 is 1.19 bits per heavy atom. The Balaban J connectivity index is 2.07. The fraction of sp³-hybridized carbons (Fsp3) is 0.316. The van der Waals surface area contributed by atoms with Gasteiger partial charge in [-0.05, 0) is 43.5 Å². The van der Waals surface area contributed by atoms with Gasteiger partial charge in [0.25, 0.3) is 11.5 Å². The van der Waals surface area contributed by atoms with Crippen molar-refractivity contribution in [3.8, 4) is 0 Å². The monoisotopic (exact) mass is 391 g/mol. The van der Waals surface area contributed by atoms with Crippen LogP contribution in [0, 0.1) is 18.6 Å². The molecule has 142 valence electrons. The Morgan fingerprint density at radius 3 is 2.48 bits per heavy atom. The Kier molecular flexibility index (Phi) is 5.36. The van der Waals surface area contributed by atoms with Crippen LogP contribution in [0.3, 0.4) is 0 Å². The second-order valence-electron chi connectivity index (χ2n) is 6.14. The maximum atomic E-state index is 13.6. The third-order valence-electron chi connectivity index (χ3n) is 4.29. The summed E-state index contributed by atoms with van der Waals surface area (Å²) < 4.78 is 28.4. The van der Waals surface area contributed by atoms with Gasteiger partial charge in [0.05, 0.1) is 5.69 Å². The average Bonchev–Trinajstić information content (AvgIpc) is 2.94. The second-order valence-corrected chi connectivity index (χ2v) is 7.32. The highest BCUT2D eigenvalue weighted by atomic mass is 32.1. The second kappa shape index (κ2) is 7.56. The number of amides is 1. The lowest BCUT2D eigenvalue weighted by atomic mass is 10.0. The Morgan fingerprint density at radius 2 is 1.85 bits per heavy atom. The van der Waals surface area contributed by atoms with Crippen LogP contribution in [-0.4, -0.2) is 21.8 Å². The van der Waals surface area contributed by atoms with E-state index in [0.717, 1.165) is 6.07 Å². The molecule has 0 fully saturated rings. The molecule has 1 aromatic carbocycles. The minimum atomic E-state index is -0.925. The number of hydrogen-bond acceptors (Lipinski definition) is 4. The zero-order valence-corrected chi connectivity index (χ0v) is 16.0. The molecule has 3 rings (SSSR count). The molecular formula is C19H19F2N3O2S. The van der Waals surface area contributed by atoms with Crippen molar-refractivity contribution in [3.05, 3.63) is 67.6 Å². The van der Waals surface area contributed by atoms with Crippen LogP contribution < -0.4 is 10.9 Å². The molecule has 0 saturated heterocycles. The zero-order valence-electron chi connectivity index (χ0n) is 15.2. The number of aryl methyl sites for hydroxylation is 2. The molecule has 2 aromatic heterocycles. The van der Waals surface area contributed by atoms with Gasteiger partial charge >= 0.3 is 0 Å². The third kappa shape index (κ3) is 3.62. The molecule has 3 aromatic rings. The largest absolute Gasteiger partial charge is 0.351 e. The van der Waals surface area contributed by atoms with E-state index in [2.05, 4.69) is 10.3 Å². The number of thiazole rings is 1. The van der Waals surface area contributed by atoms with Gasteiger partial charge in [-0.1, -0.05) is 6.92 Å². The molecule has 5 nitrogen and oxygen atoms in total. The summed E-state index contributed by atoms with van der Waals surface area (Å²) in [4.78, 5) is 30.4. The SMILES string of the molecule is CCNC(=O)c1c(C)sc2nc(Cc3cc(F)c(F)cc3CC)cc(=O)n12. The molecule has 0 radical (unpaired) electrons. The van der Waals surface area contributed by atoms with Crippen LogP contribution in [0.1, 0.15) is 46.0 Å². The van der Waals surface area contributed by atoms with Crippen molar-refractivity contribution >= 4 is 22.2 Å². The molecular weight excluding hydrogens is 372 g/mol. The summed E-state index contributed by atoms with van der Waals surface area (Å²) in [5, 5.41) is 2.69. The smallest absolute Gasteiger partial charge is 0.269 e. The normalized spacial score (nSPS) is 11.1. The number of fused-ring (bicyclic) bond motifs is 1. The van der Waals surface area contributed by atoms with Gasteiger partial charge in [0, 0.05) is 23.9 Å². The van der Waals surface area contributed by atoms with E-state index < -0.39 is 11.6 Å². The predicted octanol–water partition coefficient (Wildman–Crippen LogP) is 3.25. The molecule has 0 saturated carbocycles. The molecule has 2 heterocycles. The summed E-state index contributed by atoms with van der Waals surface area (Å²) in [5.41, 5.74) is 1.61. The molecule has 0 aliphatic heterocycles. The highest BCUT2D eigenvalue weighted by Gasteiger charge is 2.19. The first-order valence-electron chi connectivity index (χ1n) is 8.62. The van der Waals surface area contributed by atoms with Gasteiger partial charge in [-0.2, -0.15) is 0 Å². The quantitative estimate of drug-likeness (QED) is 0.726. The van der Waals surface area contributed by atoms with Gasteiger partial charge in [-0.3, -0.25) is 9.59 Å². The number of aromatic nitrogens is 2. The summed E-state index contributed by atoms with van der Waals surface area (Å²) in [6.45, 7) is 5.86. The van der Waals surface area contributed by atoms with E-state index in [-0.39, 0.29) is 23.6 Å². The van der Waals surface area contributed by atoms with E-state index in [9.17, 15) is 18.4 Å². The maximum Gasteiger partial charge on any atom is 0.269 e. The number of nitrogens with one attached hydrogen (secondary N) is 1. The van der Waals surface area contributed by atoms with Crippen LogP contribution in [0.15, 0.2) is 23.0 Å². The highest BCUT2D eigenvalue weighted by Crippen LogP contribution is 2.22. The Hall–Kier alpha value is -2.61. The summed E-state index contributed by atoms with van der Waals surface area (Å²) in [5.74, 6) is -2.14. The van der Waals surface area contributed by atoms with Crippen LogP contribution in [0.2, 0.25) is 0 Å². The standard InChI is InChI=1S/C19H19F2N3O2S/c1-4-11-7-14(20)15(21)8-12(11)6-13-9-16(25)24-17(18(26)22-5-2)10(3)27-19(24)23-13/h7-9H,4-6H2,1-3H3,(H,22,26). The first kappa shape index (κ1) is 19.2. The molecule has 27 heavy (non-hydrogen) atoms. The van der Waals surface area contributed by atoms with Crippen molar-refractivity contribution in [1.29, 1.82) is 0 Å². The lowest BCUT2D eigenvalue weighted by Gasteiger charge is -2.09. The fourth-order valence-corrected chi connectivity index (χ4v) is 4.03. The molecule has 0 aliphatic carbocycles. The fourth-order valence-electron chi connectivity index (χ4n) is 3.04. The molecule has 0 spiro atoms. The molecule has 0 unspecified atom stereocenters. The van der Waals surface area contributed by atoms with E-state index >= 15 is 0 Å². The van der Waals surface area contributed by atoms with E-state index in [4.69, 9.17) is 0 Å². The number of carbonyl (C=O) groups is 1. The van der Waals surface area contributed by atoms with Crippen LogP contribution in [0.5, 0.6) is 0 Å². The first-order chi connectivity index (χ1) is 12.8. The number of rotatable bonds is 5. The van der Waals surface area contributed by atoms with Crippen LogP contribution in [0.25, 0.3) is 4.96 Å². The molecule has 0 atom stereocenters. The molecule has 8 heteroatoms. The van der Waals surface area contributed by atoms with E-state index in [1.54, 1.807) is 13.8 Å². The number of benzene rings is 1. The Bertz CT molecular complexity index is 1090. The topological polar surface area (TPSA) is 63.5 Å². The van der Waals surface area contributed by atoms with Crippen molar-refractivity contribution in [3.63, 3.8) is 0 Å². The minimum absolute atomic E-state index is 0.208. The average molecular weight is 391 g/mol. The van der Waals surface area contributed by atoms with E-state index in [1.807, 2.05) is 6.92 Å². The van der Waals surface area contributed by atoms with E-state index in [0.29, 0.717) is 39.6 Å². The lowest BCUT2D eigenvalue weighted by molar-refractivity contribution is 0.0949. The van der Waals surface area contributed by atoms with Crippen molar-refractivity contribution in [2.24, 2.45) is 0 Å². The van der Waals surface area contributed by atoms with Crippen LogP contribution >= 0.6 is 11.3 Å². The van der Waals surface area contributed by atoms with Gasteiger partial charge in [-0.15, -0.1) is 11.3 Å². The molecule has 1 amide bonds. The highest BCUT2D eigenvalue weighted by molar-refractivity contribution is 7.17. The number of nitrogens with zero attached hydrogens (tertiary/aromatic N) is 2. The summed E-state index contributed by atoms with van der Waals surface area (Å²) in [7, 11) is 0. The van der Waals surface area contributed by atoms with Gasteiger partial charge in [0.15, 0.2) is 16.6 Å². The number of halogens is 2. The van der Waals surface area contributed by atoms with Crippen molar-refractivity contribution in [1.82, 2.24) is 14.7 Å². The maximum absolute atomic E-state index is 13.6. The van der Waals surface area contributed by atoms with Crippen LogP contribution in [0.4, 0.5) is 8.78 Å². The van der Waals surface area contributed by atoms with Gasteiger partial charge in [0.2, 0.25) is 0 Å². The molecule has 1 N–H and O–H groups in total. The van der Waals surface area contributed by atoms with Crippen molar-refractivity contribution < 1.29 is 13.6 Å². The molecule has 0 bridgehead atoms. The number of hydrogen-bond donors (Lipinski definition) is 1. The van der Waals surface area contributed by atoms with Gasteiger partial charge in [-0.25, -0.2) is 18.2 Å².